The normalized spacial score (nSPS) is 18.9. The monoisotopic (exact) mass is 239 g/mol. The highest BCUT2D eigenvalue weighted by molar-refractivity contribution is 6.29. The van der Waals surface area contributed by atoms with Gasteiger partial charge in [-0.2, -0.15) is 0 Å². The average Bonchev–Trinajstić information content (AvgIpc) is 2.33. The largest absolute Gasteiger partial charge is 0.297 e. The van der Waals surface area contributed by atoms with E-state index in [9.17, 15) is 0 Å². The van der Waals surface area contributed by atoms with Crippen LogP contribution < -0.4 is 0 Å². The smallest absolute Gasteiger partial charge is 0.147 e. The lowest BCUT2D eigenvalue weighted by atomic mass is 9.94. The predicted octanol–water partition coefficient (Wildman–Crippen LogP) is 2.75. The Morgan fingerprint density at radius 3 is 2.62 bits per heavy atom. The van der Waals surface area contributed by atoms with E-state index in [0.717, 1.165) is 18.2 Å². The number of piperidine rings is 1. The van der Waals surface area contributed by atoms with Gasteiger partial charge in [-0.25, -0.2) is 4.98 Å². The SMILES string of the molecule is CCC1CCN(Cc2cnc(Cl)cn2)CC1. The first-order valence-corrected chi connectivity index (χ1v) is 6.34. The summed E-state index contributed by atoms with van der Waals surface area (Å²) >= 11 is 5.71. The van der Waals surface area contributed by atoms with E-state index in [4.69, 9.17) is 11.6 Å². The standard InChI is InChI=1S/C12H18ClN3/c1-2-10-3-5-16(6-4-10)9-11-7-15-12(13)8-14-11/h7-8,10H,2-6,9H2,1H3. The molecule has 3 nitrogen and oxygen atoms in total. The molecule has 0 aromatic carbocycles. The maximum absolute atomic E-state index is 5.71. The van der Waals surface area contributed by atoms with Crippen LogP contribution in [0.15, 0.2) is 12.4 Å². The van der Waals surface area contributed by atoms with Crippen molar-refractivity contribution in [2.45, 2.75) is 32.7 Å². The van der Waals surface area contributed by atoms with Gasteiger partial charge in [0.15, 0.2) is 0 Å². The van der Waals surface area contributed by atoms with Gasteiger partial charge in [-0.15, -0.1) is 0 Å². The number of rotatable bonds is 3. The number of nitrogens with zero attached hydrogens (tertiary/aromatic N) is 3. The Morgan fingerprint density at radius 1 is 1.31 bits per heavy atom. The molecule has 0 saturated carbocycles. The molecular weight excluding hydrogens is 222 g/mol. The molecule has 0 amide bonds. The Labute approximate surface area is 102 Å². The summed E-state index contributed by atoms with van der Waals surface area (Å²) in [5.41, 5.74) is 1.01. The highest BCUT2D eigenvalue weighted by Crippen LogP contribution is 2.20. The second kappa shape index (κ2) is 5.60. The lowest BCUT2D eigenvalue weighted by molar-refractivity contribution is 0.173. The maximum atomic E-state index is 5.71. The van der Waals surface area contributed by atoms with Gasteiger partial charge in [0, 0.05) is 6.54 Å². The summed E-state index contributed by atoms with van der Waals surface area (Å²) in [5, 5.41) is 0.466. The third kappa shape index (κ3) is 3.16. The Morgan fingerprint density at radius 2 is 2.06 bits per heavy atom. The average molecular weight is 240 g/mol. The summed E-state index contributed by atoms with van der Waals surface area (Å²) in [6.07, 6.45) is 7.34. The molecule has 0 unspecified atom stereocenters. The second-order valence-electron chi connectivity index (χ2n) is 4.46. The third-order valence-electron chi connectivity index (χ3n) is 3.34. The van der Waals surface area contributed by atoms with Crippen molar-refractivity contribution in [1.29, 1.82) is 0 Å². The molecule has 4 heteroatoms. The van der Waals surface area contributed by atoms with Gasteiger partial charge in [-0.05, 0) is 31.8 Å². The summed E-state index contributed by atoms with van der Waals surface area (Å²) < 4.78 is 0. The molecule has 88 valence electrons. The number of hydrogen-bond donors (Lipinski definition) is 0. The molecule has 0 atom stereocenters. The minimum absolute atomic E-state index is 0.466. The van der Waals surface area contributed by atoms with Gasteiger partial charge in [0.25, 0.3) is 0 Å². The highest BCUT2D eigenvalue weighted by atomic mass is 35.5. The van der Waals surface area contributed by atoms with Crippen LogP contribution in [0.3, 0.4) is 0 Å². The molecular formula is C12H18ClN3. The third-order valence-corrected chi connectivity index (χ3v) is 3.54. The molecule has 0 radical (unpaired) electrons. The lowest BCUT2D eigenvalue weighted by Gasteiger charge is -2.30. The van der Waals surface area contributed by atoms with Crippen LogP contribution in [0.25, 0.3) is 0 Å². The zero-order valence-corrected chi connectivity index (χ0v) is 10.5. The molecule has 0 aliphatic carbocycles. The first kappa shape index (κ1) is 11.8. The van der Waals surface area contributed by atoms with E-state index in [0.29, 0.717) is 5.15 Å². The van der Waals surface area contributed by atoms with Crippen molar-refractivity contribution in [1.82, 2.24) is 14.9 Å². The molecule has 1 fully saturated rings. The van der Waals surface area contributed by atoms with Crippen molar-refractivity contribution in [3.8, 4) is 0 Å². The van der Waals surface area contributed by atoms with Gasteiger partial charge < -0.3 is 0 Å². The molecule has 16 heavy (non-hydrogen) atoms. The second-order valence-corrected chi connectivity index (χ2v) is 4.85. The molecule has 1 aromatic rings. The fourth-order valence-electron chi connectivity index (χ4n) is 2.20. The Balaban J connectivity index is 1.84. The molecule has 2 heterocycles. The molecule has 0 spiro atoms. The van der Waals surface area contributed by atoms with Crippen LogP contribution in [0.2, 0.25) is 5.15 Å². The first-order valence-electron chi connectivity index (χ1n) is 5.96. The quantitative estimate of drug-likeness (QED) is 0.812. The molecule has 0 N–H and O–H groups in total. The highest BCUT2D eigenvalue weighted by Gasteiger charge is 2.17. The van der Waals surface area contributed by atoms with Gasteiger partial charge >= 0.3 is 0 Å². The van der Waals surface area contributed by atoms with E-state index in [-0.39, 0.29) is 0 Å². The number of hydrogen-bond acceptors (Lipinski definition) is 3. The van der Waals surface area contributed by atoms with E-state index in [2.05, 4.69) is 21.8 Å². The zero-order chi connectivity index (χ0) is 11.4. The molecule has 2 rings (SSSR count). The summed E-state index contributed by atoms with van der Waals surface area (Å²) in [5.74, 6) is 0.924. The van der Waals surface area contributed by atoms with E-state index < -0.39 is 0 Å². The van der Waals surface area contributed by atoms with Crippen LogP contribution in [0.4, 0.5) is 0 Å². The Bertz CT molecular complexity index is 318. The zero-order valence-electron chi connectivity index (χ0n) is 9.69. The molecule has 1 aliphatic rings. The molecule has 1 aromatic heterocycles. The minimum Gasteiger partial charge on any atom is -0.297 e. The molecule has 1 aliphatic heterocycles. The van der Waals surface area contributed by atoms with Crippen LogP contribution in [-0.2, 0) is 6.54 Å². The summed E-state index contributed by atoms with van der Waals surface area (Å²) in [6.45, 7) is 5.55. The lowest BCUT2D eigenvalue weighted by Crippen LogP contribution is -2.33. The van der Waals surface area contributed by atoms with Crippen molar-refractivity contribution in [3.05, 3.63) is 23.2 Å². The summed E-state index contributed by atoms with van der Waals surface area (Å²) in [6, 6.07) is 0. The van der Waals surface area contributed by atoms with E-state index in [1.807, 2.05) is 0 Å². The van der Waals surface area contributed by atoms with Crippen LogP contribution in [0, 0.1) is 5.92 Å². The van der Waals surface area contributed by atoms with Crippen molar-refractivity contribution in [3.63, 3.8) is 0 Å². The van der Waals surface area contributed by atoms with Crippen LogP contribution in [0.5, 0.6) is 0 Å². The number of likely N-dealkylation sites (tertiary alicyclic amines) is 1. The Kier molecular flexibility index (Phi) is 4.13. The van der Waals surface area contributed by atoms with Gasteiger partial charge in [0.2, 0.25) is 0 Å². The maximum Gasteiger partial charge on any atom is 0.147 e. The first-order chi connectivity index (χ1) is 7.78. The predicted molar refractivity (Wildman–Crippen MR) is 65.3 cm³/mol. The van der Waals surface area contributed by atoms with Crippen LogP contribution in [-0.4, -0.2) is 28.0 Å². The van der Waals surface area contributed by atoms with E-state index in [1.54, 1.807) is 12.4 Å². The fraction of sp³-hybridized carbons (Fsp3) is 0.667. The fourth-order valence-corrected chi connectivity index (χ4v) is 2.30. The number of aromatic nitrogens is 2. The Hall–Kier alpha value is -0.670. The summed E-state index contributed by atoms with van der Waals surface area (Å²) in [7, 11) is 0. The van der Waals surface area contributed by atoms with Gasteiger partial charge in [0.05, 0.1) is 18.1 Å². The van der Waals surface area contributed by atoms with Crippen molar-refractivity contribution in [2.24, 2.45) is 5.92 Å². The van der Waals surface area contributed by atoms with E-state index in [1.165, 1.54) is 32.4 Å². The van der Waals surface area contributed by atoms with E-state index >= 15 is 0 Å². The summed E-state index contributed by atoms with van der Waals surface area (Å²) in [4.78, 5) is 10.8. The number of halogens is 1. The topological polar surface area (TPSA) is 29.0 Å². The van der Waals surface area contributed by atoms with Gasteiger partial charge in [-0.1, -0.05) is 24.9 Å². The van der Waals surface area contributed by atoms with Crippen LogP contribution in [0.1, 0.15) is 31.9 Å². The minimum atomic E-state index is 0.466. The molecule has 0 bridgehead atoms. The van der Waals surface area contributed by atoms with Crippen LogP contribution >= 0.6 is 11.6 Å². The van der Waals surface area contributed by atoms with Crippen molar-refractivity contribution in [2.75, 3.05) is 13.1 Å². The molecule has 1 saturated heterocycles. The van der Waals surface area contributed by atoms with Gasteiger partial charge in [0.1, 0.15) is 5.15 Å². The van der Waals surface area contributed by atoms with Gasteiger partial charge in [-0.3, -0.25) is 9.88 Å². The van der Waals surface area contributed by atoms with Crippen molar-refractivity contribution < 1.29 is 0 Å². The van der Waals surface area contributed by atoms with Crippen molar-refractivity contribution >= 4 is 11.6 Å².